The highest BCUT2D eigenvalue weighted by atomic mass is 15.1. The smallest absolute Gasteiger partial charge is 0.0620 e. The van der Waals surface area contributed by atoms with Crippen molar-refractivity contribution >= 4 is 93.8 Å². The molecular formula is C62H49N3. The largest absolute Gasteiger partial charge is 0.310 e. The first-order valence-corrected chi connectivity index (χ1v) is 22.7. The number of hydrogen-bond acceptors (Lipinski definition) is 2. The molecule has 0 aliphatic rings. The molecule has 12 rings (SSSR count). The third kappa shape index (κ3) is 6.25. The maximum Gasteiger partial charge on any atom is 0.0620 e. The van der Waals surface area contributed by atoms with E-state index in [0.29, 0.717) is 0 Å². The molecule has 12 aromatic rings. The average molecular weight is 836 g/mol. The van der Waals surface area contributed by atoms with Crippen LogP contribution in [0.2, 0.25) is 0 Å². The van der Waals surface area contributed by atoms with Gasteiger partial charge in [-0.15, -0.1) is 0 Å². The van der Waals surface area contributed by atoms with E-state index in [0.717, 1.165) is 22.7 Å². The number of para-hydroxylation sites is 2. The molecule has 0 aliphatic carbocycles. The molecule has 0 radical (unpaired) electrons. The van der Waals surface area contributed by atoms with Gasteiger partial charge in [0.2, 0.25) is 0 Å². The molecule has 0 saturated heterocycles. The molecule has 3 heteroatoms. The summed E-state index contributed by atoms with van der Waals surface area (Å²) < 4.78 is 2.55. The fourth-order valence-electron chi connectivity index (χ4n) is 10.4. The Balaban J connectivity index is 1.11. The third-order valence-electron chi connectivity index (χ3n) is 14.3. The van der Waals surface area contributed by atoms with Crippen molar-refractivity contribution in [3.8, 4) is 11.1 Å². The number of aromatic nitrogens is 1. The highest BCUT2D eigenvalue weighted by Gasteiger charge is 2.22. The molecule has 0 saturated carbocycles. The standard InChI is InChI=1S/C62H49N3/c1-38-26-54(27-39(2)42(38)5)63(50-18-12-8-13-19-50)52-24-22-45-32-56-58-34-49(44-16-10-7-11-17-44)35-59-57-33-46-23-25-53(31-48(46)37-61(57)65(62(58)59)60(56)36-47(45)30-52)64(51-20-14-9-15-21-51)55-28-40(3)43(6)41(4)29-55/h7-37H,1-6H3. The van der Waals surface area contributed by atoms with Gasteiger partial charge in [-0.25, -0.2) is 0 Å². The Labute approximate surface area is 380 Å². The summed E-state index contributed by atoms with van der Waals surface area (Å²) in [5, 5.41) is 9.96. The fourth-order valence-corrected chi connectivity index (χ4v) is 10.4. The van der Waals surface area contributed by atoms with E-state index in [-0.39, 0.29) is 0 Å². The Morgan fingerprint density at radius 1 is 0.292 bits per heavy atom. The zero-order chi connectivity index (χ0) is 44.1. The van der Waals surface area contributed by atoms with Crippen molar-refractivity contribution in [1.29, 1.82) is 0 Å². The molecule has 0 N–H and O–H groups in total. The predicted octanol–water partition coefficient (Wildman–Crippen LogP) is 17.6. The van der Waals surface area contributed by atoms with Crippen LogP contribution in [0.1, 0.15) is 33.4 Å². The summed E-state index contributed by atoms with van der Waals surface area (Å²) in [6.45, 7) is 13.3. The van der Waals surface area contributed by atoms with Crippen molar-refractivity contribution in [2.75, 3.05) is 9.80 Å². The number of benzene rings is 10. The highest BCUT2D eigenvalue weighted by Crippen LogP contribution is 2.46. The zero-order valence-corrected chi connectivity index (χ0v) is 37.7. The zero-order valence-electron chi connectivity index (χ0n) is 37.7. The number of aryl methyl sites for hydroxylation is 4. The normalized spacial score (nSPS) is 11.8. The van der Waals surface area contributed by atoms with Crippen molar-refractivity contribution in [3.63, 3.8) is 0 Å². The molecule has 0 spiro atoms. The Morgan fingerprint density at radius 3 is 1.11 bits per heavy atom. The van der Waals surface area contributed by atoms with Crippen molar-refractivity contribution in [3.05, 3.63) is 221 Å². The molecule has 312 valence electrons. The van der Waals surface area contributed by atoms with Crippen molar-refractivity contribution in [2.45, 2.75) is 41.5 Å². The van der Waals surface area contributed by atoms with Gasteiger partial charge in [0.25, 0.3) is 0 Å². The minimum absolute atomic E-state index is 1.14. The number of nitrogens with zero attached hydrogens (tertiary/aromatic N) is 3. The highest BCUT2D eigenvalue weighted by molar-refractivity contribution is 6.27. The molecular weight excluding hydrogens is 787 g/mol. The maximum atomic E-state index is 2.55. The first kappa shape index (κ1) is 38.8. The van der Waals surface area contributed by atoms with Gasteiger partial charge < -0.3 is 14.2 Å². The summed E-state index contributed by atoms with van der Waals surface area (Å²) in [7, 11) is 0. The van der Waals surface area contributed by atoms with Crippen LogP contribution in [0, 0.1) is 41.5 Å². The second-order valence-corrected chi connectivity index (χ2v) is 18.2. The third-order valence-corrected chi connectivity index (χ3v) is 14.3. The topological polar surface area (TPSA) is 10.9 Å². The molecule has 0 bridgehead atoms. The van der Waals surface area contributed by atoms with Crippen LogP contribution in [0.25, 0.3) is 70.8 Å². The van der Waals surface area contributed by atoms with E-state index in [4.69, 9.17) is 0 Å². The lowest BCUT2D eigenvalue weighted by Crippen LogP contribution is -2.10. The Kier molecular flexibility index (Phi) is 8.86. The van der Waals surface area contributed by atoms with Gasteiger partial charge in [-0.05, 0) is 217 Å². The van der Waals surface area contributed by atoms with E-state index in [1.54, 1.807) is 0 Å². The van der Waals surface area contributed by atoms with Crippen LogP contribution in [0.3, 0.4) is 0 Å². The van der Waals surface area contributed by atoms with Crippen LogP contribution in [-0.4, -0.2) is 4.40 Å². The van der Waals surface area contributed by atoms with Gasteiger partial charge in [0.05, 0.1) is 16.6 Å². The molecule has 0 atom stereocenters. The van der Waals surface area contributed by atoms with Crippen LogP contribution in [0.15, 0.2) is 188 Å². The second kappa shape index (κ2) is 14.9. The van der Waals surface area contributed by atoms with Crippen LogP contribution in [-0.2, 0) is 0 Å². The number of fused-ring (bicyclic) bond motifs is 8. The second-order valence-electron chi connectivity index (χ2n) is 18.2. The predicted molar refractivity (Wildman–Crippen MR) is 279 cm³/mol. The first-order valence-electron chi connectivity index (χ1n) is 22.7. The van der Waals surface area contributed by atoms with E-state index in [1.165, 1.54) is 116 Å². The molecule has 10 aromatic carbocycles. The van der Waals surface area contributed by atoms with E-state index < -0.39 is 0 Å². The molecule has 65 heavy (non-hydrogen) atoms. The molecule has 0 unspecified atom stereocenters. The number of rotatable bonds is 7. The SMILES string of the molecule is Cc1cc(N(c2ccccc2)c2ccc3cc4c5cc(-c6ccccc6)cc6c7cc8ccc(N(c9ccccc9)c9cc(C)c(C)c(C)c9)cc8cc7n(c4cc3c2)c56)cc(C)c1C. The van der Waals surface area contributed by atoms with Crippen LogP contribution >= 0.6 is 0 Å². The summed E-state index contributed by atoms with van der Waals surface area (Å²) in [5.74, 6) is 0. The fraction of sp³-hybridized carbons (Fsp3) is 0.0968. The van der Waals surface area contributed by atoms with Gasteiger partial charge in [0, 0.05) is 55.7 Å². The Morgan fingerprint density at radius 2 is 0.692 bits per heavy atom. The Bertz CT molecular complexity index is 3550. The van der Waals surface area contributed by atoms with Gasteiger partial charge in [0.15, 0.2) is 0 Å². The van der Waals surface area contributed by atoms with Crippen LogP contribution in [0.4, 0.5) is 34.1 Å². The van der Waals surface area contributed by atoms with Crippen molar-refractivity contribution < 1.29 is 0 Å². The van der Waals surface area contributed by atoms with Crippen LogP contribution in [0.5, 0.6) is 0 Å². The number of hydrogen-bond donors (Lipinski definition) is 0. The molecule has 0 fully saturated rings. The monoisotopic (exact) mass is 835 g/mol. The molecule has 0 amide bonds. The van der Waals surface area contributed by atoms with Crippen molar-refractivity contribution in [1.82, 2.24) is 4.40 Å². The summed E-state index contributed by atoms with van der Waals surface area (Å²) in [4.78, 5) is 4.80. The summed E-state index contributed by atoms with van der Waals surface area (Å²) >= 11 is 0. The molecule has 2 aromatic heterocycles. The van der Waals surface area contributed by atoms with Crippen LogP contribution < -0.4 is 9.80 Å². The van der Waals surface area contributed by atoms with Gasteiger partial charge in [-0.3, -0.25) is 0 Å². The lowest BCUT2D eigenvalue weighted by atomic mass is 9.97. The van der Waals surface area contributed by atoms with Gasteiger partial charge in [0.1, 0.15) is 0 Å². The van der Waals surface area contributed by atoms with E-state index in [1.807, 2.05) is 0 Å². The summed E-state index contributed by atoms with van der Waals surface area (Å²) in [6, 6.07) is 70.2. The van der Waals surface area contributed by atoms with Gasteiger partial charge in [-0.1, -0.05) is 78.9 Å². The Hall–Kier alpha value is -7.88. The summed E-state index contributed by atoms with van der Waals surface area (Å²) in [6.07, 6.45) is 0. The van der Waals surface area contributed by atoms with E-state index in [9.17, 15) is 0 Å². The van der Waals surface area contributed by atoms with E-state index >= 15 is 0 Å². The average Bonchev–Trinajstić information content (AvgIpc) is 3.82. The van der Waals surface area contributed by atoms with Gasteiger partial charge in [-0.2, -0.15) is 0 Å². The first-order chi connectivity index (χ1) is 31.7. The molecule has 0 aliphatic heterocycles. The minimum Gasteiger partial charge on any atom is -0.310 e. The van der Waals surface area contributed by atoms with Crippen molar-refractivity contribution in [2.24, 2.45) is 0 Å². The lowest BCUT2D eigenvalue weighted by molar-refractivity contribution is 1.22. The minimum atomic E-state index is 1.14. The molecule has 3 nitrogen and oxygen atoms in total. The summed E-state index contributed by atoms with van der Waals surface area (Å²) in [5.41, 5.74) is 20.9. The molecule has 2 heterocycles. The maximum absolute atomic E-state index is 2.55. The quantitative estimate of drug-likeness (QED) is 0.158. The number of anilines is 6. The van der Waals surface area contributed by atoms with E-state index in [2.05, 4.69) is 244 Å². The van der Waals surface area contributed by atoms with Gasteiger partial charge >= 0.3 is 0 Å². The lowest BCUT2D eigenvalue weighted by Gasteiger charge is -2.27.